The number of ether oxygens (including phenoxy) is 1. The largest absolute Gasteiger partial charge is 0.488 e. The first kappa shape index (κ1) is 19.2. The summed E-state index contributed by atoms with van der Waals surface area (Å²) in [6, 6.07) is 15.7. The van der Waals surface area contributed by atoms with Crippen molar-refractivity contribution in [1.29, 1.82) is 0 Å². The number of nitrogens with one attached hydrogen (secondary N) is 2. The summed E-state index contributed by atoms with van der Waals surface area (Å²) in [5.41, 5.74) is 2.87. The molecule has 0 aromatic heterocycles. The fourth-order valence-electron chi connectivity index (χ4n) is 3.44. The van der Waals surface area contributed by atoms with Crippen molar-refractivity contribution in [3.8, 4) is 5.75 Å². The van der Waals surface area contributed by atoms with Crippen LogP contribution < -0.4 is 15.4 Å². The van der Waals surface area contributed by atoms with Crippen molar-refractivity contribution >= 4 is 17.3 Å². The van der Waals surface area contributed by atoms with Crippen molar-refractivity contribution < 1.29 is 14.6 Å². The maximum Gasteiger partial charge on any atom is 0.221 e. The van der Waals surface area contributed by atoms with Gasteiger partial charge in [-0.1, -0.05) is 18.6 Å². The summed E-state index contributed by atoms with van der Waals surface area (Å²) in [4.78, 5) is 11.2. The lowest BCUT2D eigenvalue weighted by Crippen LogP contribution is -2.34. The van der Waals surface area contributed by atoms with E-state index in [1.807, 2.05) is 48.5 Å². The normalized spacial score (nSPS) is 20.6. The first-order valence-corrected chi connectivity index (χ1v) is 9.60. The van der Waals surface area contributed by atoms with Crippen LogP contribution in [0, 0.1) is 0 Å². The Bertz CT molecular complexity index is 760. The Labute approximate surface area is 160 Å². The number of aliphatic hydroxyl groups is 1. The molecule has 2 aromatic carbocycles. The van der Waals surface area contributed by atoms with Crippen LogP contribution in [0.15, 0.2) is 48.5 Å². The third-order valence-corrected chi connectivity index (χ3v) is 4.90. The first-order valence-electron chi connectivity index (χ1n) is 9.60. The summed E-state index contributed by atoms with van der Waals surface area (Å²) in [6.07, 6.45) is 3.43. The highest BCUT2D eigenvalue weighted by Crippen LogP contribution is 2.26. The second-order valence-corrected chi connectivity index (χ2v) is 7.21. The maximum absolute atomic E-state index is 11.2. The number of hydrogen-bond donors (Lipinski definition) is 3. The van der Waals surface area contributed by atoms with Crippen LogP contribution in [-0.2, 0) is 4.79 Å². The van der Waals surface area contributed by atoms with Gasteiger partial charge in [0, 0.05) is 24.3 Å². The molecular formula is C22H28N2O3. The van der Waals surface area contributed by atoms with Gasteiger partial charge in [-0.2, -0.15) is 0 Å². The molecule has 0 aliphatic heterocycles. The summed E-state index contributed by atoms with van der Waals surface area (Å²) < 4.78 is 5.95. The lowest BCUT2D eigenvalue weighted by molar-refractivity contribution is -0.114. The van der Waals surface area contributed by atoms with E-state index in [-0.39, 0.29) is 24.2 Å². The van der Waals surface area contributed by atoms with Crippen LogP contribution in [0.2, 0.25) is 0 Å². The summed E-state index contributed by atoms with van der Waals surface area (Å²) >= 11 is 0. The van der Waals surface area contributed by atoms with Gasteiger partial charge in [0.2, 0.25) is 5.91 Å². The minimum absolute atomic E-state index is 0.0774. The predicted molar refractivity (Wildman–Crippen MR) is 108 cm³/mol. The molecule has 1 fully saturated rings. The van der Waals surface area contributed by atoms with Gasteiger partial charge in [0.1, 0.15) is 11.9 Å². The molecule has 5 heteroatoms. The average molecular weight is 368 g/mol. The number of carbonyl (C=O) groups excluding carboxylic acids is 1. The molecule has 1 aliphatic rings. The molecule has 27 heavy (non-hydrogen) atoms. The Morgan fingerprint density at radius 2 is 1.85 bits per heavy atom. The molecule has 3 atom stereocenters. The molecule has 0 spiro atoms. The zero-order chi connectivity index (χ0) is 19.2. The van der Waals surface area contributed by atoms with Gasteiger partial charge in [-0.15, -0.1) is 0 Å². The Morgan fingerprint density at radius 1 is 1.11 bits per heavy atom. The molecule has 0 bridgehead atoms. The SMILES string of the molecule is CC(=O)Nc1cccc([C@H](C)Nc2ccc(O[C@@H]3CCCC[C@H]3O)cc2)c1. The molecule has 1 amide bonds. The van der Waals surface area contributed by atoms with Gasteiger partial charge >= 0.3 is 0 Å². The smallest absolute Gasteiger partial charge is 0.221 e. The minimum atomic E-state index is -0.368. The third kappa shape index (κ3) is 5.47. The molecule has 5 nitrogen and oxygen atoms in total. The zero-order valence-corrected chi connectivity index (χ0v) is 15.9. The topological polar surface area (TPSA) is 70.6 Å². The van der Waals surface area contributed by atoms with Crippen molar-refractivity contribution in [2.45, 2.75) is 57.8 Å². The molecule has 2 aromatic rings. The van der Waals surface area contributed by atoms with Crippen LogP contribution in [0.4, 0.5) is 11.4 Å². The standard InChI is InChI=1S/C22H28N2O3/c1-15(17-6-5-7-19(14-17)24-16(2)25)23-18-10-12-20(13-11-18)27-22-9-4-3-8-21(22)26/h5-7,10-15,21-23,26H,3-4,8-9H2,1-2H3,(H,24,25)/t15-,21+,22+/m0/s1. The predicted octanol–water partition coefficient (Wildman–Crippen LogP) is 4.50. The van der Waals surface area contributed by atoms with Gasteiger partial charge in [0.25, 0.3) is 0 Å². The van der Waals surface area contributed by atoms with E-state index in [9.17, 15) is 9.90 Å². The van der Waals surface area contributed by atoms with Crippen LogP contribution in [0.5, 0.6) is 5.75 Å². The third-order valence-electron chi connectivity index (χ3n) is 4.90. The summed E-state index contributed by atoms with van der Waals surface area (Å²) in [5, 5.41) is 16.3. The highest BCUT2D eigenvalue weighted by atomic mass is 16.5. The van der Waals surface area contributed by atoms with Crippen molar-refractivity contribution in [3.63, 3.8) is 0 Å². The van der Waals surface area contributed by atoms with Gasteiger partial charge in [-0.3, -0.25) is 4.79 Å². The molecule has 0 saturated heterocycles. The molecule has 1 saturated carbocycles. The molecular weight excluding hydrogens is 340 g/mol. The molecule has 3 rings (SSSR count). The summed E-state index contributed by atoms with van der Waals surface area (Å²) in [5.74, 6) is 0.707. The van der Waals surface area contributed by atoms with Crippen LogP contribution in [0.25, 0.3) is 0 Å². The van der Waals surface area contributed by atoms with Crippen molar-refractivity contribution in [1.82, 2.24) is 0 Å². The number of amides is 1. The van der Waals surface area contributed by atoms with Gasteiger partial charge in [-0.25, -0.2) is 0 Å². The van der Waals surface area contributed by atoms with E-state index in [0.29, 0.717) is 0 Å². The number of aliphatic hydroxyl groups excluding tert-OH is 1. The number of carbonyl (C=O) groups is 1. The van der Waals surface area contributed by atoms with Crippen LogP contribution in [-0.4, -0.2) is 23.2 Å². The average Bonchev–Trinajstić information content (AvgIpc) is 2.65. The Kier molecular flexibility index (Phi) is 6.35. The molecule has 0 heterocycles. The number of anilines is 2. The van der Waals surface area contributed by atoms with Crippen molar-refractivity contribution in [2.24, 2.45) is 0 Å². The fourth-order valence-corrected chi connectivity index (χ4v) is 3.44. The Morgan fingerprint density at radius 3 is 2.56 bits per heavy atom. The van der Waals surface area contributed by atoms with E-state index in [1.165, 1.54) is 6.92 Å². The minimum Gasteiger partial charge on any atom is -0.488 e. The zero-order valence-electron chi connectivity index (χ0n) is 15.9. The summed E-state index contributed by atoms with van der Waals surface area (Å²) in [6.45, 7) is 3.58. The lowest BCUT2D eigenvalue weighted by Gasteiger charge is -2.28. The van der Waals surface area contributed by atoms with Gasteiger partial charge < -0.3 is 20.5 Å². The van der Waals surface area contributed by atoms with E-state index in [2.05, 4.69) is 17.6 Å². The Balaban J connectivity index is 1.60. The molecule has 0 unspecified atom stereocenters. The number of hydrogen-bond acceptors (Lipinski definition) is 4. The summed E-state index contributed by atoms with van der Waals surface area (Å²) in [7, 11) is 0. The highest BCUT2D eigenvalue weighted by Gasteiger charge is 2.24. The first-order chi connectivity index (χ1) is 13.0. The monoisotopic (exact) mass is 368 g/mol. The van der Waals surface area contributed by atoms with Gasteiger partial charge in [0.05, 0.1) is 6.10 Å². The van der Waals surface area contributed by atoms with E-state index in [4.69, 9.17) is 4.74 Å². The molecule has 3 N–H and O–H groups in total. The molecule has 144 valence electrons. The van der Waals surface area contributed by atoms with Gasteiger partial charge in [-0.05, 0) is 68.1 Å². The van der Waals surface area contributed by atoms with Crippen LogP contribution >= 0.6 is 0 Å². The van der Waals surface area contributed by atoms with Gasteiger partial charge in [0.15, 0.2) is 0 Å². The number of benzene rings is 2. The van der Waals surface area contributed by atoms with E-state index >= 15 is 0 Å². The number of rotatable bonds is 6. The fraction of sp³-hybridized carbons (Fsp3) is 0.409. The van der Waals surface area contributed by atoms with Crippen LogP contribution in [0.3, 0.4) is 0 Å². The second kappa shape index (κ2) is 8.91. The van der Waals surface area contributed by atoms with Crippen molar-refractivity contribution in [3.05, 3.63) is 54.1 Å². The Hall–Kier alpha value is -2.53. The van der Waals surface area contributed by atoms with E-state index < -0.39 is 0 Å². The van der Waals surface area contributed by atoms with E-state index in [1.54, 1.807) is 0 Å². The quantitative estimate of drug-likeness (QED) is 0.702. The molecule has 0 radical (unpaired) electrons. The lowest BCUT2D eigenvalue weighted by atomic mass is 9.95. The second-order valence-electron chi connectivity index (χ2n) is 7.21. The van der Waals surface area contributed by atoms with E-state index in [0.717, 1.165) is 48.4 Å². The molecule has 1 aliphatic carbocycles. The van der Waals surface area contributed by atoms with Crippen molar-refractivity contribution in [2.75, 3.05) is 10.6 Å². The van der Waals surface area contributed by atoms with Crippen LogP contribution in [0.1, 0.15) is 51.1 Å². The maximum atomic E-state index is 11.2. The highest BCUT2D eigenvalue weighted by molar-refractivity contribution is 5.88.